The largest absolute Gasteiger partial charge is 0.396 e. The molecule has 1 unspecified atom stereocenters. The maximum Gasteiger partial charge on any atom is 0.266 e. The first-order valence-electron chi connectivity index (χ1n) is 5.95. The Labute approximate surface area is 116 Å². The highest BCUT2D eigenvalue weighted by Crippen LogP contribution is 2.32. The lowest BCUT2D eigenvalue weighted by Crippen LogP contribution is -2.37. The Hall–Kier alpha value is -1.66. The van der Waals surface area contributed by atoms with E-state index in [4.69, 9.17) is 10.5 Å². The van der Waals surface area contributed by atoms with Crippen molar-refractivity contribution in [1.82, 2.24) is 9.88 Å². The van der Waals surface area contributed by atoms with E-state index in [1.807, 2.05) is 19.1 Å². The number of rotatable bonds is 4. The van der Waals surface area contributed by atoms with Gasteiger partial charge in [-0.25, -0.2) is 0 Å². The van der Waals surface area contributed by atoms with Crippen molar-refractivity contribution in [2.24, 2.45) is 0 Å². The first-order chi connectivity index (χ1) is 9.06. The Morgan fingerprint density at radius 1 is 1.63 bits per heavy atom. The van der Waals surface area contributed by atoms with Crippen molar-refractivity contribution in [3.05, 3.63) is 23.2 Å². The summed E-state index contributed by atoms with van der Waals surface area (Å²) in [5.74, 6) is -0.0925. The monoisotopic (exact) mass is 279 g/mol. The molecule has 2 aromatic heterocycles. The fraction of sp³-hybridized carbons (Fsp3) is 0.385. The van der Waals surface area contributed by atoms with Gasteiger partial charge >= 0.3 is 0 Å². The highest BCUT2D eigenvalue weighted by Gasteiger charge is 2.23. The van der Waals surface area contributed by atoms with Crippen LogP contribution in [-0.2, 0) is 4.74 Å². The molecule has 0 aliphatic carbocycles. The molecule has 19 heavy (non-hydrogen) atoms. The standard InChI is InChI=1S/C13H17N3O2S/c1-8(7-18-3)16(2)13(17)12-10(14)11-9(19-12)5-4-6-15-11/h4-6,8H,7,14H2,1-3H3. The number of nitrogen functional groups attached to an aromatic ring is 1. The zero-order valence-electron chi connectivity index (χ0n) is 11.2. The second-order valence-electron chi connectivity index (χ2n) is 4.42. The number of ether oxygens (including phenoxy) is 1. The van der Waals surface area contributed by atoms with Gasteiger partial charge in [0, 0.05) is 20.4 Å². The first kappa shape index (κ1) is 13.8. The molecule has 0 saturated heterocycles. The molecule has 5 nitrogen and oxygen atoms in total. The summed E-state index contributed by atoms with van der Waals surface area (Å²) in [7, 11) is 3.37. The quantitative estimate of drug-likeness (QED) is 0.929. The number of amides is 1. The van der Waals surface area contributed by atoms with E-state index >= 15 is 0 Å². The van der Waals surface area contributed by atoms with Crippen LogP contribution in [0.15, 0.2) is 18.3 Å². The molecule has 0 spiro atoms. The van der Waals surface area contributed by atoms with E-state index in [1.165, 1.54) is 11.3 Å². The summed E-state index contributed by atoms with van der Waals surface area (Å²) in [5, 5.41) is 0. The molecule has 1 amide bonds. The number of thiophene rings is 1. The van der Waals surface area contributed by atoms with Crippen molar-refractivity contribution >= 4 is 33.1 Å². The molecule has 6 heteroatoms. The minimum Gasteiger partial charge on any atom is -0.396 e. The normalized spacial score (nSPS) is 12.6. The van der Waals surface area contributed by atoms with Gasteiger partial charge in [-0.05, 0) is 19.1 Å². The second kappa shape index (κ2) is 5.54. The minimum absolute atomic E-state index is 0.00456. The molecular formula is C13H17N3O2S. The molecule has 0 aliphatic heterocycles. The van der Waals surface area contributed by atoms with Crippen LogP contribution in [0.1, 0.15) is 16.6 Å². The van der Waals surface area contributed by atoms with E-state index in [-0.39, 0.29) is 11.9 Å². The number of aromatic nitrogens is 1. The number of fused-ring (bicyclic) bond motifs is 1. The number of pyridine rings is 1. The molecule has 0 bridgehead atoms. The number of carbonyl (C=O) groups excluding carboxylic acids is 1. The summed E-state index contributed by atoms with van der Waals surface area (Å²) in [4.78, 5) is 18.8. The third-order valence-corrected chi connectivity index (χ3v) is 4.21. The number of methoxy groups -OCH3 is 1. The molecule has 0 fully saturated rings. The molecule has 0 aromatic carbocycles. The Bertz CT molecular complexity index is 597. The Morgan fingerprint density at radius 2 is 2.37 bits per heavy atom. The number of nitrogens with zero attached hydrogens (tertiary/aromatic N) is 2. The highest BCUT2D eigenvalue weighted by atomic mass is 32.1. The lowest BCUT2D eigenvalue weighted by Gasteiger charge is -2.23. The van der Waals surface area contributed by atoms with Crippen molar-refractivity contribution in [2.45, 2.75) is 13.0 Å². The van der Waals surface area contributed by atoms with Crippen LogP contribution in [0.5, 0.6) is 0 Å². The van der Waals surface area contributed by atoms with Gasteiger partial charge in [0.1, 0.15) is 10.4 Å². The average Bonchev–Trinajstić information content (AvgIpc) is 2.75. The highest BCUT2D eigenvalue weighted by molar-refractivity contribution is 7.21. The molecule has 1 atom stereocenters. The van der Waals surface area contributed by atoms with E-state index in [2.05, 4.69) is 4.98 Å². The van der Waals surface area contributed by atoms with Crippen LogP contribution in [-0.4, -0.2) is 42.6 Å². The van der Waals surface area contributed by atoms with Gasteiger partial charge in [0.2, 0.25) is 0 Å². The maximum atomic E-state index is 12.4. The van der Waals surface area contributed by atoms with Crippen LogP contribution in [0.3, 0.4) is 0 Å². The molecule has 0 saturated carbocycles. The number of likely N-dealkylation sites (N-methyl/N-ethyl adjacent to an activating group) is 1. The topological polar surface area (TPSA) is 68.5 Å². The number of hydrogen-bond acceptors (Lipinski definition) is 5. The summed E-state index contributed by atoms with van der Waals surface area (Å²) >= 11 is 1.38. The van der Waals surface area contributed by atoms with Gasteiger partial charge in [-0.15, -0.1) is 11.3 Å². The van der Waals surface area contributed by atoms with Crippen molar-refractivity contribution in [2.75, 3.05) is 26.5 Å². The molecule has 2 aromatic rings. The smallest absolute Gasteiger partial charge is 0.266 e. The summed E-state index contributed by atoms with van der Waals surface area (Å²) in [5.41, 5.74) is 7.18. The number of hydrogen-bond donors (Lipinski definition) is 1. The van der Waals surface area contributed by atoms with Crippen LogP contribution in [0, 0.1) is 0 Å². The second-order valence-corrected chi connectivity index (χ2v) is 5.47. The molecule has 0 aliphatic rings. The number of anilines is 1. The molecule has 2 heterocycles. The van der Waals surface area contributed by atoms with Crippen LogP contribution < -0.4 is 5.73 Å². The van der Waals surface area contributed by atoms with E-state index in [9.17, 15) is 4.79 Å². The van der Waals surface area contributed by atoms with Gasteiger partial charge in [-0.1, -0.05) is 0 Å². The maximum absolute atomic E-state index is 12.4. The Kier molecular flexibility index (Phi) is 4.01. The molecule has 102 valence electrons. The van der Waals surface area contributed by atoms with E-state index in [0.29, 0.717) is 22.7 Å². The van der Waals surface area contributed by atoms with Crippen LogP contribution in [0.4, 0.5) is 5.69 Å². The summed E-state index contributed by atoms with van der Waals surface area (Å²) in [6.45, 7) is 2.43. The van der Waals surface area contributed by atoms with Gasteiger partial charge in [-0.2, -0.15) is 0 Å². The van der Waals surface area contributed by atoms with Crippen molar-refractivity contribution in [3.63, 3.8) is 0 Å². The first-order valence-corrected chi connectivity index (χ1v) is 6.77. The fourth-order valence-corrected chi connectivity index (χ4v) is 2.88. The van der Waals surface area contributed by atoms with E-state index < -0.39 is 0 Å². The summed E-state index contributed by atoms with van der Waals surface area (Å²) in [6, 6.07) is 3.75. The molecular weight excluding hydrogens is 262 g/mol. The Balaban J connectivity index is 2.33. The Morgan fingerprint density at radius 3 is 3.00 bits per heavy atom. The number of nitrogens with two attached hydrogens (primary N) is 1. The zero-order chi connectivity index (χ0) is 14.0. The van der Waals surface area contributed by atoms with Crippen LogP contribution >= 0.6 is 11.3 Å². The van der Waals surface area contributed by atoms with Crippen LogP contribution in [0.2, 0.25) is 0 Å². The lowest BCUT2D eigenvalue weighted by atomic mass is 10.2. The average molecular weight is 279 g/mol. The molecule has 0 radical (unpaired) electrons. The van der Waals surface area contributed by atoms with Crippen molar-refractivity contribution < 1.29 is 9.53 Å². The summed E-state index contributed by atoms with van der Waals surface area (Å²) in [6.07, 6.45) is 1.68. The predicted octanol–water partition coefficient (Wildman–Crippen LogP) is 1.99. The minimum atomic E-state index is -0.0925. The fourth-order valence-electron chi connectivity index (χ4n) is 1.82. The zero-order valence-corrected chi connectivity index (χ0v) is 12.0. The van der Waals surface area contributed by atoms with Crippen LogP contribution in [0.25, 0.3) is 10.2 Å². The van der Waals surface area contributed by atoms with Gasteiger partial charge in [0.15, 0.2) is 0 Å². The van der Waals surface area contributed by atoms with Gasteiger partial charge < -0.3 is 15.4 Å². The lowest BCUT2D eigenvalue weighted by molar-refractivity contribution is 0.0639. The SMILES string of the molecule is COCC(C)N(C)C(=O)c1sc2cccnc2c1N. The van der Waals surface area contributed by atoms with E-state index in [0.717, 1.165) is 4.70 Å². The van der Waals surface area contributed by atoms with E-state index in [1.54, 1.807) is 25.3 Å². The third-order valence-electron chi connectivity index (χ3n) is 3.07. The molecule has 2 N–H and O–H groups in total. The van der Waals surface area contributed by atoms with Crippen molar-refractivity contribution in [3.8, 4) is 0 Å². The summed E-state index contributed by atoms with van der Waals surface area (Å²) < 4.78 is 5.99. The van der Waals surface area contributed by atoms with Gasteiger partial charge in [0.25, 0.3) is 5.91 Å². The number of carbonyl (C=O) groups is 1. The van der Waals surface area contributed by atoms with Crippen molar-refractivity contribution in [1.29, 1.82) is 0 Å². The predicted molar refractivity (Wildman–Crippen MR) is 77.5 cm³/mol. The third kappa shape index (κ3) is 2.54. The molecule has 2 rings (SSSR count). The van der Waals surface area contributed by atoms with Gasteiger partial charge in [0.05, 0.1) is 23.0 Å². The van der Waals surface area contributed by atoms with Gasteiger partial charge in [-0.3, -0.25) is 9.78 Å².